The first kappa shape index (κ1) is 18.8. The summed E-state index contributed by atoms with van der Waals surface area (Å²) in [6, 6.07) is 6.85. The van der Waals surface area contributed by atoms with Gasteiger partial charge >= 0.3 is 0 Å². The van der Waals surface area contributed by atoms with Crippen molar-refractivity contribution < 1.29 is 19.1 Å². The van der Waals surface area contributed by atoms with E-state index in [0.29, 0.717) is 26.0 Å². The Kier molecular flexibility index (Phi) is 7.94. The third-order valence-electron chi connectivity index (χ3n) is 3.41. The smallest absolute Gasteiger partial charge is 0.244 e. The van der Waals surface area contributed by atoms with Crippen molar-refractivity contribution in [2.24, 2.45) is 0 Å². The van der Waals surface area contributed by atoms with Gasteiger partial charge in [0.05, 0.1) is 13.7 Å². The molecule has 0 heterocycles. The van der Waals surface area contributed by atoms with Crippen LogP contribution < -0.4 is 14.8 Å². The fraction of sp³-hybridized carbons (Fsp3) is 0.529. The Balaban J connectivity index is 2.28. The van der Waals surface area contributed by atoms with Crippen LogP contribution >= 0.6 is 0 Å². The van der Waals surface area contributed by atoms with Gasteiger partial charge in [-0.2, -0.15) is 0 Å². The first-order valence-electron chi connectivity index (χ1n) is 7.79. The number of ether oxygens (including phenoxy) is 2. The van der Waals surface area contributed by atoms with Crippen molar-refractivity contribution in [2.45, 2.75) is 32.7 Å². The number of rotatable bonds is 9. The minimum Gasteiger partial charge on any atom is -0.497 e. The van der Waals surface area contributed by atoms with Crippen LogP contribution in [-0.2, 0) is 9.59 Å². The number of benzene rings is 1. The highest BCUT2D eigenvalue weighted by atomic mass is 16.5. The molecule has 0 aliphatic rings. The topological polar surface area (TPSA) is 67.9 Å². The van der Waals surface area contributed by atoms with Gasteiger partial charge in [-0.15, -0.1) is 0 Å². The van der Waals surface area contributed by atoms with Gasteiger partial charge in [0.1, 0.15) is 17.5 Å². The number of hydrogen-bond acceptors (Lipinski definition) is 4. The molecule has 128 valence electrons. The van der Waals surface area contributed by atoms with Crippen LogP contribution in [0.3, 0.4) is 0 Å². The van der Waals surface area contributed by atoms with Gasteiger partial charge in [0.15, 0.2) is 0 Å². The molecular weight excluding hydrogens is 296 g/mol. The SMILES string of the molecule is CCC(=O)N[C@@H](C)C(=O)N(C)CCCOc1ccc(OC)cc1. The summed E-state index contributed by atoms with van der Waals surface area (Å²) in [5, 5.41) is 2.66. The average Bonchev–Trinajstić information content (AvgIpc) is 2.58. The second kappa shape index (κ2) is 9.71. The second-order valence-corrected chi connectivity index (χ2v) is 5.28. The molecule has 1 rings (SSSR count). The third kappa shape index (κ3) is 6.59. The second-order valence-electron chi connectivity index (χ2n) is 5.28. The molecule has 0 saturated heterocycles. The minimum atomic E-state index is -0.505. The third-order valence-corrected chi connectivity index (χ3v) is 3.41. The summed E-state index contributed by atoms with van der Waals surface area (Å²) in [5.41, 5.74) is 0. The van der Waals surface area contributed by atoms with E-state index in [1.165, 1.54) is 0 Å². The Morgan fingerprint density at radius 2 is 1.83 bits per heavy atom. The lowest BCUT2D eigenvalue weighted by Gasteiger charge is -2.22. The maximum atomic E-state index is 12.1. The monoisotopic (exact) mass is 322 g/mol. The zero-order valence-corrected chi connectivity index (χ0v) is 14.3. The van der Waals surface area contributed by atoms with E-state index in [1.54, 1.807) is 32.9 Å². The van der Waals surface area contributed by atoms with Crippen LogP contribution in [-0.4, -0.2) is 50.1 Å². The molecule has 6 heteroatoms. The zero-order chi connectivity index (χ0) is 17.2. The van der Waals surface area contributed by atoms with Crippen LogP contribution in [0.4, 0.5) is 0 Å². The molecule has 2 amide bonds. The molecule has 0 fully saturated rings. The Hall–Kier alpha value is -2.24. The highest BCUT2D eigenvalue weighted by Gasteiger charge is 2.18. The highest BCUT2D eigenvalue weighted by Crippen LogP contribution is 2.17. The fourth-order valence-electron chi connectivity index (χ4n) is 2.01. The van der Waals surface area contributed by atoms with Gasteiger partial charge in [0.25, 0.3) is 0 Å². The lowest BCUT2D eigenvalue weighted by molar-refractivity contribution is -0.134. The van der Waals surface area contributed by atoms with Crippen LogP contribution in [0.5, 0.6) is 11.5 Å². The molecular formula is C17H26N2O4. The molecule has 0 saturated carbocycles. The van der Waals surface area contributed by atoms with E-state index in [1.807, 2.05) is 24.3 Å². The van der Waals surface area contributed by atoms with Crippen molar-refractivity contribution in [3.8, 4) is 11.5 Å². The normalized spacial score (nSPS) is 11.5. The maximum absolute atomic E-state index is 12.1. The summed E-state index contributed by atoms with van der Waals surface area (Å²) in [7, 11) is 3.34. The van der Waals surface area contributed by atoms with Gasteiger partial charge in [-0.25, -0.2) is 0 Å². The molecule has 0 aliphatic heterocycles. The maximum Gasteiger partial charge on any atom is 0.244 e. The van der Waals surface area contributed by atoms with Gasteiger partial charge in [0.2, 0.25) is 11.8 Å². The first-order chi connectivity index (χ1) is 11.0. The number of carbonyl (C=O) groups excluding carboxylic acids is 2. The van der Waals surface area contributed by atoms with Crippen molar-refractivity contribution in [2.75, 3.05) is 27.3 Å². The Morgan fingerprint density at radius 3 is 2.39 bits per heavy atom. The van der Waals surface area contributed by atoms with E-state index in [4.69, 9.17) is 9.47 Å². The van der Waals surface area contributed by atoms with Crippen molar-refractivity contribution in [3.05, 3.63) is 24.3 Å². The number of amides is 2. The molecule has 1 N–H and O–H groups in total. The van der Waals surface area contributed by atoms with E-state index >= 15 is 0 Å². The number of hydrogen-bond donors (Lipinski definition) is 1. The Morgan fingerprint density at radius 1 is 1.22 bits per heavy atom. The minimum absolute atomic E-state index is 0.101. The lowest BCUT2D eigenvalue weighted by Crippen LogP contribution is -2.45. The summed E-state index contributed by atoms with van der Waals surface area (Å²) < 4.78 is 10.7. The van der Waals surface area contributed by atoms with Gasteiger partial charge in [-0.3, -0.25) is 9.59 Å². The van der Waals surface area contributed by atoms with E-state index in [9.17, 15) is 9.59 Å². The number of likely N-dealkylation sites (N-methyl/N-ethyl adjacent to an activating group) is 1. The standard InChI is InChI=1S/C17H26N2O4/c1-5-16(20)18-13(2)17(21)19(3)11-6-12-23-15-9-7-14(22-4)8-10-15/h7-10,13H,5-6,11-12H2,1-4H3,(H,18,20)/t13-/m0/s1. The predicted molar refractivity (Wildman–Crippen MR) is 88.6 cm³/mol. The van der Waals surface area contributed by atoms with Gasteiger partial charge in [0, 0.05) is 20.0 Å². The molecule has 0 unspecified atom stereocenters. The summed E-state index contributed by atoms with van der Waals surface area (Å²) in [5.74, 6) is 1.33. The summed E-state index contributed by atoms with van der Waals surface area (Å²) >= 11 is 0. The Labute approximate surface area is 137 Å². The van der Waals surface area contributed by atoms with Crippen molar-refractivity contribution in [3.63, 3.8) is 0 Å². The zero-order valence-electron chi connectivity index (χ0n) is 14.3. The molecule has 0 bridgehead atoms. The van der Waals surface area contributed by atoms with Gasteiger partial charge in [-0.1, -0.05) is 6.92 Å². The number of methoxy groups -OCH3 is 1. The van der Waals surface area contributed by atoms with Gasteiger partial charge < -0.3 is 19.7 Å². The molecule has 0 aliphatic carbocycles. The molecule has 23 heavy (non-hydrogen) atoms. The van der Waals surface area contributed by atoms with E-state index < -0.39 is 6.04 Å². The lowest BCUT2D eigenvalue weighted by atomic mass is 10.2. The molecule has 1 aromatic rings. The van der Waals surface area contributed by atoms with Gasteiger partial charge in [-0.05, 0) is 37.6 Å². The largest absolute Gasteiger partial charge is 0.497 e. The summed E-state index contributed by atoms with van der Waals surface area (Å²) in [6.45, 7) is 4.54. The van der Waals surface area contributed by atoms with Crippen molar-refractivity contribution >= 4 is 11.8 Å². The van der Waals surface area contributed by atoms with Crippen molar-refractivity contribution in [1.29, 1.82) is 0 Å². The predicted octanol–water partition coefficient (Wildman–Crippen LogP) is 1.84. The van der Waals surface area contributed by atoms with Crippen LogP contribution in [0.2, 0.25) is 0 Å². The molecule has 1 atom stereocenters. The fourth-order valence-corrected chi connectivity index (χ4v) is 2.01. The highest BCUT2D eigenvalue weighted by molar-refractivity contribution is 5.87. The number of carbonyl (C=O) groups is 2. The number of nitrogens with zero attached hydrogens (tertiary/aromatic N) is 1. The summed E-state index contributed by atoms with van der Waals surface area (Å²) in [6.07, 6.45) is 1.08. The molecule has 0 aromatic heterocycles. The van der Waals surface area contributed by atoms with Crippen LogP contribution in [0, 0.1) is 0 Å². The average molecular weight is 322 g/mol. The molecule has 0 spiro atoms. The van der Waals surface area contributed by atoms with E-state index in [2.05, 4.69) is 5.32 Å². The molecule has 6 nitrogen and oxygen atoms in total. The quantitative estimate of drug-likeness (QED) is 0.704. The van der Waals surface area contributed by atoms with Crippen LogP contribution in [0.15, 0.2) is 24.3 Å². The van der Waals surface area contributed by atoms with Crippen molar-refractivity contribution in [1.82, 2.24) is 10.2 Å². The first-order valence-corrected chi connectivity index (χ1v) is 7.79. The Bertz CT molecular complexity index is 502. The molecule has 1 aromatic carbocycles. The summed E-state index contributed by atoms with van der Waals surface area (Å²) in [4.78, 5) is 25.0. The molecule has 0 radical (unpaired) electrons. The van der Waals surface area contributed by atoms with E-state index in [0.717, 1.165) is 11.5 Å². The number of nitrogens with one attached hydrogen (secondary N) is 1. The van der Waals surface area contributed by atoms with E-state index in [-0.39, 0.29) is 11.8 Å². The van der Waals surface area contributed by atoms with Crippen LogP contribution in [0.1, 0.15) is 26.7 Å². The van der Waals surface area contributed by atoms with Crippen LogP contribution in [0.25, 0.3) is 0 Å².